The highest BCUT2D eigenvalue weighted by Crippen LogP contribution is 2.12. The number of benzene rings is 1. The van der Waals surface area contributed by atoms with Crippen LogP contribution in [0.25, 0.3) is 0 Å². The van der Waals surface area contributed by atoms with E-state index in [1.54, 1.807) is 30.5 Å². The molecular weight excluding hydrogens is 272 g/mol. The van der Waals surface area contributed by atoms with E-state index in [0.717, 1.165) is 11.1 Å². The van der Waals surface area contributed by atoms with Gasteiger partial charge in [0.1, 0.15) is 19.0 Å². The number of hydrogen-bond donors (Lipinski definition) is 2. The number of nitrogen functional groups attached to an aromatic ring is 1. The van der Waals surface area contributed by atoms with Crippen LogP contribution in [0, 0.1) is 6.92 Å². The largest absolute Gasteiger partial charge is 0.459 e. The zero-order valence-electron chi connectivity index (χ0n) is 11.6. The highest BCUT2D eigenvalue weighted by atomic mass is 16.5. The molecule has 7 nitrogen and oxygen atoms in total. The van der Waals surface area contributed by atoms with E-state index in [4.69, 9.17) is 16.2 Å². The van der Waals surface area contributed by atoms with Gasteiger partial charge in [0.2, 0.25) is 5.91 Å². The molecule has 0 radical (unpaired) electrons. The zero-order valence-corrected chi connectivity index (χ0v) is 11.6. The molecule has 0 aliphatic rings. The number of carbonyl (C=O) groups excluding carboxylic acids is 2. The Morgan fingerprint density at radius 3 is 2.67 bits per heavy atom. The van der Waals surface area contributed by atoms with Crippen LogP contribution in [0.3, 0.4) is 0 Å². The van der Waals surface area contributed by atoms with Gasteiger partial charge >= 0.3 is 5.97 Å². The molecule has 0 saturated carbocycles. The fraction of sp³-hybridized carbons (Fsp3) is 0.214. The lowest BCUT2D eigenvalue weighted by Gasteiger charge is -2.08. The third-order valence-corrected chi connectivity index (χ3v) is 2.97. The normalized spacial score (nSPS) is 10.3. The van der Waals surface area contributed by atoms with E-state index in [9.17, 15) is 9.59 Å². The van der Waals surface area contributed by atoms with Crippen molar-refractivity contribution in [2.24, 2.45) is 5.73 Å². The molecule has 0 bridgehead atoms. The third kappa shape index (κ3) is 3.82. The van der Waals surface area contributed by atoms with Gasteiger partial charge in [0.15, 0.2) is 0 Å². The van der Waals surface area contributed by atoms with Crippen molar-refractivity contribution < 1.29 is 14.3 Å². The number of aryl methyl sites for hydroxylation is 1. The number of carbonyl (C=O) groups is 2. The zero-order chi connectivity index (χ0) is 15.4. The van der Waals surface area contributed by atoms with Gasteiger partial charge in [0.05, 0.1) is 0 Å². The molecule has 0 unspecified atom stereocenters. The molecule has 0 spiro atoms. The average Bonchev–Trinajstić information content (AvgIpc) is 2.82. The molecule has 1 aromatic heterocycles. The Balaban J connectivity index is 1.93. The summed E-state index contributed by atoms with van der Waals surface area (Å²) in [7, 11) is 0. The van der Waals surface area contributed by atoms with Gasteiger partial charge in [-0.1, -0.05) is 6.07 Å². The summed E-state index contributed by atoms with van der Waals surface area (Å²) in [6, 6.07) is 6.58. The van der Waals surface area contributed by atoms with Crippen LogP contribution in [-0.4, -0.2) is 21.7 Å². The van der Waals surface area contributed by atoms with Crippen LogP contribution in [0.2, 0.25) is 0 Å². The van der Waals surface area contributed by atoms with Gasteiger partial charge in [-0.25, -0.2) is 0 Å². The van der Waals surface area contributed by atoms with E-state index in [-0.39, 0.29) is 13.2 Å². The van der Waals surface area contributed by atoms with Gasteiger partial charge in [-0.15, -0.1) is 0 Å². The van der Waals surface area contributed by atoms with E-state index in [2.05, 4.69) is 5.10 Å². The summed E-state index contributed by atoms with van der Waals surface area (Å²) in [6.45, 7) is 1.94. The Bertz CT molecular complexity index is 679. The second kappa shape index (κ2) is 6.08. The third-order valence-electron chi connectivity index (χ3n) is 2.97. The average molecular weight is 288 g/mol. The number of rotatable bonds is 5. The van der Waals surface area contributed by atoms with Crippen LogP contribution in [0.15, 0.2) is 30.5 Å². The van der Waals surface area contributed by atoms with Gasteiger partial charge in [-0.3, -0.25) is 14.3 Å². The Morgan fingerprint density at radius 1 is 1.33 bits per heavy atom. The Hall–Kier alpha value is -2.83. The number of nitrogens with zero attached hydrogens (tertiary/aromatic N) is 2. The standard InChI is InChI=1S/C14H16N4O3/c1-9-6-10(14(16)20)2-3-11(9)8-21-13(19)7-18-5-4-12(15)17-18/h2-6H,7-8H2,1H3,(H2,15,17)(H2,16,20). The molecule has 7 heteroatoms. The maximum atomic E-state index is 11.7. The van der Waals surface area contributed by atoms with E-state index in [1.165, 1.54) is 4.68 Å². The highest BCUT2D eigenvalue weighted by molar-refractivity contribution is 5.93. The summed E-state index contributed by atoms with van der Waals surface area (Å²) in [5.41, 5.74) is 12.7. The van der Waals surface area contributed by atoms with Gasteiger partial charge in [-0.2, -0.15) is 5.10 Å². The number of amides is 1. The van der Waals surface area contributed by atoms with E-state index in [1.807, 2.05) is 6.92 Å². The number of nitrogens with two attached hydrogens (primary N) is 2. The summed E-state index contributed by atoms with van der Waals surface area (Å²) in [4.78, 5) is 22.7. The van der Waals surface area contributed by atoms with Gasteiger partial charge < -0.3 is 16.2 Å². The molecule has 0 atom stereocenters. The molecule has 21 heavy (non-hydrogen) atoms. The maximum Gasteiger partial charge on any atom is 0.328 e. The summed E-state index contributed by atoms with van der Waals surface area (Å²) in [5.74, 6) is -0.560. The fourth-order valence-corrected chi connectivity index (χ4v) is 1.81. The molecule has 4 N–H and O–H groups in total. The first-order valence-corrected chi connectivity index (χ1v) is 6.29. The predicted octanol–water partition coefficient (Wildman–Crippen LogP) is 0.616. The maximum absolute atomic E-state index is 11.7. The predicted molar refractivity (Wildman–Crippen MR) is 76.1 cm³/mol. The number of anilines is 1. The van der Waals surface area contributed by atoms with E-state index in [0.29, 0.717) is 11.4 Å². The van der Waals surface area contributed by atoms with E-state index >= 15 is 0 Å². The quantitative estimate of drug-likeness (QED) is 0.783. The smallest absolute Gasteiger partial charge is 0.328 e. The van der Waals surface area contributed by atoms with Crippen molar-refractivity contribution in [2.45, 2.75) is 20.1 Å². The molecule has 0 fully saturated rings. The van der Waals surface area contributed by atoms with Crippen molar-refractivity contribution in [1.29, 1.82) is 0 Å². The van der Waals surface area contributed by atoms with Crippen molar-refractivity contribution in [3.63, 3.8) is 0 Å². The second-order valence-electron chi connectivity index (χ2n) is 4.60. The first-order valence-electron chi connectivity index (χ1n) is 6.29. The molecule has 0 saturated heterocycles. The molecular formula is C14H16N4O3. The summed E-state index contributed by atoms with van der Waals surface area (Å²) >= 11 is 0. The highest BCUT2D eigenvalue weighted by Gasteiger charge is 2.08. The number of primary amides is 1. The minimum atomic E-state index is -0.488. The lowest BCUT2D eigenvalue weighted by Crippen LogP contribution is -2.15. The van der Waals surface area contributed by atoms with Crippen molar-refractivity contribution in [1.82, 2.24) is 9.78 Å². The first-order chi connectivity index (χ1) is 9.95. The molecule has 0 aliphatic heterocycles. The van der Waals surface area contributed by atoms with Crippen LogP contribution >= 0.6 is 0 Å². The lowest BCUT2D eigenvalue weighted by atomic mass is 10.1. The molecule has 0 aliphatic carbocycles. The van der Waals surface area contributed by atoms with Gasteiger partial charge in [0, 0.05) is 11.8 Å². The van der Waals surface area contributed by atoms with Crippen molar-refractivity contribution in [2.75, 3.05) is 5.73 Å². The van der Waals surface area contributed by atoms with Crippen molar-refractivity contribution in [3.8, 4) is 0 Å². The van der Waals surface area contributed by atoms with E-state index < -0.39 is 11.9 Å². The van der Waals surface area contributed by atoms with Crippen LogP contribution in [0.5, 0.6) is 0 Å². The monoisotopic (exact) mass is 288 g/mol. The number of hydrogen-bond acceptors (Lipinski definition) is 5. The molecule has 1 heterocycles. The number of aromatic nitrogens is 2. The number of ether oxygens (including phenoxy) is 1. The lowest BCUT2D eigenvalue weighted by molar-refractivity contribution is -0.145. The Labute approximate surface area is 121 Å². The second-order valence-corrected chi connectivity index (χ2v) is 4.60. The van der Waals surface area contributed by atoms with Crippen LogP contribution in [0.4, 0.5) is 5.82 Å². The Kier molecular flexibility index (Phi) is 4.22. The number of esters is 1. The minimum absolute atomic E-state index is 0.00435. The van der Waals surface area contributed by atoms with Crippen LogP contribution in [0.1, 0.15) is 21.5 Å². The fourth-order valence-electron chi connectivity index (χ4n) is 1.81. The van der Waals surface area contributed by atoms with Gasteiger partial charge in [-0.05, 0) is 36.2 Å². The van der Waals surface area contributed by atoms with Crippen molar-refractivity contribution in [3.05, 3.63) is 47.2 Å². The first kappa shape index (κ1) is 14.6. The minimum Gasteiger partial charge on any atom is -0.459 e. The summed E-state index contributed by atoms with van der Waals surface area (Å²) in [5, 5.41) is 3.90. The van der Waals surface area contributed by atoms with Crippen LogP contribution < -0.4 is 11.5 Å². The van der Waals surface area contributed by atoms with Crippen molar-refractivity contribution >= 4 is 17.7 Å². The molecule has 1 aromatic carbocycles. The molecule has 2 aromatic rings. The molecule has 2 rings (SSSR count). The van der Waals surface area contributed by atoms with Gasteiger partial charge in [0.25, 0.3) is 0 Å². The molecule has 110 valence electrons. The SMILES string of the molecule is Cc1cc(C(N)=O)ccc1COC(=O)Cn1ccc(N)n1. The van der Waals surface area contributed by atoms with Crippen LogP contribution in [-0.2, 0) is 22.7 Å². The summed E-state index contributed by atoms with van der Waals surface area (Å²) < 4.78 is 6.57. The topological polar surface area (TPSA) is 113 Å². The summed E-state index contributed by atoms with van der Waals surface area (Å²) in [6.07, 6.45) is 1.60. The Morgan fingerprint density at radius 2 is 2.10 bits per heavy atom. The molecule has 1 amide bonds.